The number of aliphatic hydroxyl groups is 1. The van der Waals surface area contributed by atoms with Crippen molar-refractivity contribution in [2.24, 2.45) is 7.05 Å². The van der Waals surface area contributed by atoms with Gasteiger partial charge in [-0.3, -0.25) is 14.8 Å². The summed E-state index contributed by atoms with van der Waals surface area (Å²) in [6.45, 7) is -0.349. The molecule has 0 aliphatic rings. The van der Waals surface area contributed by atoms with Crippen molar-refractivity contribution in [1.82, 2.24) is 9.78 Å². The Morgan fingerprint density at radius 2 is 2.28 bits per heavy atom. The molecular weight excluding hydrogens is 254 g/mol. The fourth-order valence-corrected chi connectivity index (χ4v) is 2.43. The molecule has 0 fully saturated rings. The first kappa shape index (κ1) is 12.6. The fraction of sp³-hybridized carbons (Fsp3) is 0.182. The van der Waals surface area contributed by atoms with Crippen LogP contribution in [-0.2, 0) is 13.7 Å². The first-order valence-electron chi connectivity index (χ1n) is 5.15. The Labute approximate surface area is 107 Å². The summed E-state index contributed by atoms with van der Waals surface area (Å²) in [5.74, 6) is 0. The van der Waals surface area contributed by atoms with E-state index in [0.29, 0.717) is 5.56 Å². The van der Waals surface area contributed by atoms with Gasteiger partial charge in [0.25, 0.3) is 5.69 Å². The van der Waals surface area contributed by atoms with Gasteiger partial charge in [-0.2, -0.15) is 5.10 Å². The molecule has 0 unspecified atom stereocenters. The number of hydrogen-bond acceptors (Lipinski definition) is 5. The lowest BCUT2D eigenvalue weighted by atomic mass is 10.2. The Balaban J connectivity index is 2.27. The molecule has 6 nitrogen and oxygen atoms in total. The van der Waals surface area contributed by atoms with E-state index in [1.807, 2.05) is 13.2 Å². The van der Waals surface area contributed by atoms with Crippen LogP contribution in [-0.4, -0.2) is 19.8 Å². The summed E-state index contributed by atoms with van der Waals surface area (Å²) in [5, 5.41) is 23.9. The van der Waals surface area contributed by atoms with E-state index >= 15 is 0 Å². The first-order chi connectivity index (χ1) is 8.60. The lowest BCUT2D eigenvalue weighted by Crippen LogP contribution is -1.95. The molecule has 0 saturated heterocycles. The van der Waals surface area contributed by atoms with Gasteiger partial charge in [-0.15, -0.1) is 0 Å². The van der Waals surface area contributed by atoms with Crippen LogP contribution in [0.4, 0.5) is 5.69 Å². The number of nitro benzene ring substituents is 1. The highest BCUT2D eigenvalue weighted by Gasteiger charge is 2.13. The Morgan fingerprint density at radius 1 is 1.50 bits per heavy atom. The summed E-state index contributed by atoms with van der Waals surface area (Å²) in [7, 11) is 1.82. The highest BCUT2D eigenvalue weighted by atomic mass is 32.2. The lowest BCUT2D eigenvalue weighted by Gasteiger charge is -2.03. The molecule has 0 saturated carbocycles. The van der Waals surface area contributed by atoms with Gasteiger partial charge in [0.05, 0.1) is 28.2 Å². The van der Waals surface area contributed by atoms with E-state index in [9.17, 15) is 10.1 Å². The molecule has 0 amide bonds. The smallest absolute Gasteiger partial charge is 0.274 e. The van der Waals surface area contributed by atoms with Crippen LogP contribution in [0.3, 0.4) is 0 Å². The zero-order valence-corrected chi connectivity index (χ0v) is 10.4. The van der Waals surface area contributed by atoms with E-state index in [1.54, 1.807) is 23.0 Å². The fourth-order valence-electron chi connectivity index (χ4n) is 1.52. The van der Waals surface area contributed by atoms with Gasteiger partial charge < -0.3 is 5.11 Å². The van der Waals surface area contributed by atoms with Gasteiger partial charge in [0, 0.05) is 24.2 Å². The summed E-state index contributed by atoms with van der Waals surface area (Å²) >= 11 is 1.44. The SMILES string of the molecule is Cn1cc(Sc2ccc([N+](=O)[O-])c(CO)c2)cn1. The third-order valence-electron chi connectivity index (χ3n) is 2.33. The molecule has 18 heavy (non-hydrogen) atoms. The largest absolute Gasteiger partial charge is 0.391 e. The standard InChI is InChI=1S/C11H11N3O3S/c1-13-6-10(5-12-13)18-9-2-3-11(14(16)17)8(4-9)7-15/h2-6,15H,7H2,1H3. The monoisotopic (exact) mass is 265 g/mol. The minimum atomic E-state index is -0.496. The average molecular weight is 265 g/mol. The van der Waals surface area contributed by atoms with Gasteiger partial charge >= 0.3 is 0 Å². The second-order valence-corrected chi connectivity index (χ2v) is 4.80. The molecule has 1 aromatic heterocycles. The van der Waals surface area contributed by atoms with Gasteiger partial charge in [0.15, 0.2) is 0 Å². The second kappa shape index (κ2) is 5.19. The van der Waals surface area contributed by atoms with Crippen LogP contribution in [0.5, 0.6) is 0 Å². The second-order valence-electron chi connectivity index (χ2n) is 3.66. The molecule has 0 aliphatic heterocycles. The van der Waals surface area contributed by atoms with E-state index in [2.05, 4.69) is 5.10 Å². The van der Waals surface area contributed by atoms with Crippen molar-refractivity contribution in [3.63, 3.8) is 0 Å². The molecule has 94 valence electrons. The van der Waals surface area contributed by atoms with Crippen LogP contribution in [0.15, 0.2) is 40.4 Å². The van der Waals surface area contributed by atoms with E-state index in [0.717, 1.165) is 9.79 Å². The number of nitrogens with zero attached hydrogens (tertiary/aromatic N) is 3. The Kier molecular flexibility index (Phi) is 3.63. The molecule has 1 aromatic carbocycles. The summed E-state index contributed by atoms with van der Waals surface area (Å²) in [4.78, 5) is 12.0. The number of aryl methyl sites for hydroxylation is 1. The van der Waals surface area contributed by atoms with Gasteiger partial charge in [0.2, 0.25) is 0 Å². The van der Waals surface area contributed by atoms with Crippen molar-refractivity contribution in [3.8, 4) is 0 Å². The average Bonchev–Trinajstić information content (AvgIpc) is 2.74. The predicted molar refractivity (Wildman–Crippen MR) is 66.4 cm³/mol. The third kappa shape index (κ3) is 2.69. The zero-order chi connectivity index (χ0) is 13.1. The quantitative estimate of drug-likeness (QED) is 0.675. The molecular formula is C11H11N3O3S. The van der Waals surface area contributed by atoms with E-state index in [4.69, 9.17) is 5.11 Å². The molecule has 1 N–H and O–H groups in total. The Bertz CT molecular complexity index is 583. The molecule has 0 radical (unpaired) electrons. The summed E-state index contributed by atoms with van der Waals surface area (Å²) in [6.07, 6.45) is 3.56. The number of rotatable bonds is 4. The minimum Gasteiger partial charge on any atom is -0.391 e. The molecule has 0 spiro atoms. The highest BCUT2D eigenvalue weighted by molar-refractivity contribution is 7.99. The van der Waals surface area contributed by atoms with Crippen LogP contribution in [0.25, 0.3) is 0 Å². The van der Waals surface area contributed by atoms with Crippen LogP contribution in [0, 0.1) is 10.1 Å². The van der Waals surface area contributed by atoms with Crippen molar-refractivity contribution < 1.29 is 10.0 Å². The normalized spacial score (nSPS) is 10.6. The molecule has 1 heterocycles. The number of nitro groups is 1. The van der Waals surface area contributed by atoms with E-state index in [-0.39, 0.29) is 12.3 Å². The number of benzene rings is 1. The number of hydrogen-bond donors (Lipinski definition) is 1. The van der Waals surface area contributed by atoms with Gasteiger partial charge in [0.1, 0.15) is 0 Å². The van der Waals surface area contributed by atoms with Gasteiger partial charge in [-0.05, 0) is 12.1 Å². The van der Waals surface area contributed by atoms with Crippen molar-refractivity contribution in [2.75, 3.05) is 0 Å². The van der Waals surface area contributed by atoms with Crippen LogP contribution in [0.2, 0.25) is 0 Å². The lowest BCUT2D eigenvalue weighted by molar-refractivity contribution is -0.385. The molecule has 0 atom stereocenters. The van der Waals surface area contributed by atoms with Crippen LogP contribution < -0.4 is 0 Å². The van der Waals surface area contributed by atoms with Crippen molar-refractivity contribution in [2.45, 2.75) is 16.4 Å². The summed E-state index contributed by atoms with van der Waals surface area (Å²) < 4.78 is 1.68. The third-order valence-corrected chi connectivity index (χ3v) is 3.27. The molecule has 0 bridgehead atoms. The van der Waals surface area contributed by atoms with Gasteiger partial charge in [-0.25, -0.2) is 0 Å². The van der Waals surface area contributed by atoms with Crippen molar-refractivity contribution in [3.05, 3.63) is 46.3 Å². The van der Waals surface area contributed by atoms with E-state index < -0.39 is 4.92 Å². The number of aromatic nitrogens is 2. The van der Waals surface area contributed by atoms with E-state index in [1.165, 1.54) is 17.8 Å². The molecule has 7 heteroatoms. The maximum atomic E-state index is 10.7. The topological polar surface area (TPSA) is 81.2 Å². The van der Waals surface area contributed by atoms with Crippen molar-refractivity contribution in [1.29, 1.82) is 0 Å². The highest BCUT2D eigenvalue weighted by Crippen LogP contribution is 2.30. The predicted octanol–water partition coefficient (Wildman–Crippen LogP) is 1.97. The van der Waals surface area contributed by atoms with Crippen LogP contribution >= 0.6 is 11.8 Å². The summed E-state index contributed by atoms with van der Waals surface area (Å²) in [5.41, 5.74) is 0.252. The Morgan fingerprint density at radius 3 is 2.83 bits per heavy atom. The van der Waals surface area contributed by atoms with Gasteiger partial charge in [-0.1, -0.05) is 11.8 Å². The first-order valence-corrected chi connectivity index (χ1v) is 5.96. The summed E-state index contributed by atoms with van der Waals surface area (Å²) in [6, 6.07) is 4.69. The maximum Gasteiger partial charge on any atom is 0.274 e. The maximum absolute atomic E-state index is 10.7. The molecule has 2 rings (SSSR count). The molecule has 0 aliphatic carbocycles. The zero-order valence-electron chi connectivity index (χ0n) is 9.61. The Hall–Kier alpha value is -1.86. The minimum absolute atomic E-state index is 0.0620. The van der Waals surface area contributed by atoms with Crippen molar-refractivity contribution >= 4 is 17.4 Å². The van der Waals surface area contributed by atoms with Crippen LogP contribution in [0.1, 0.15) is 5.56 Å². The number of aliphatic hydroxyl groups excluding tert-OH is 1. The molecule has 2 aromatic rings.